The molecule has 0 aromatic rings. The smallest absolute Gasteiger partial charge is 0.790 e. The van der Waals surface area contributed by atoms with Gasteiger partial charge in [-0.25, -0.2) is 0 Å². The van der Waals surface area contributed by atoms with Crippen LogP contribution in [0.15, 0.2) is 0 Å². The van der Waals surface area contributed by atoms with Crippen molar-refractivity contribution in [3.05, 3.63) is 0 Å². The molecule has 0 spiro atoms. The molecule has 0 aliphatic carbocycles. The summed E-state index contributed by atoms with van der Waals surface area (Å²) in [5, 5.41) is 0. The Labute approximate surface area is 147 Å². The van der Waals surface area contributed by atoms with Crippen molar-refractivity contribution in [1.82, 2.24) is 0 Å². The largest absolute Gasteiger partial charge is 3.00 e. The normalized spacial score (nSPS) is 11.4. The zero-order valence-corrected chi connectivity index (χ0v) is 16.3. The van der Waals surface area contributed by atoms with Crippen LogP contribution in [-0.2, 0) is 9.09 Å². The van der Waals surface area contributed by atoms with E-state index in [1.54, 1.807) is 0 Å². The molecule has 0 N–H and O–H groups in total. The summed E-state index contributed by atoms with van der Waals surface area (Å²) < 4.78 is 14.4. The number of hydrogen-bond acceptors (Lipinski definition) is 4. The van der Waals surface area contributed by atoms with Gasteiger partial charge in [-0.3, -0.25) is 0 Å². The molecule has 0 aromatic heterocycles. The first-order valence-corrected chi connectivity index (χ1v) is 10.2. The van der Waals surface area contributed by atoms with Gasteiger partial charge in [0.05, 0.1) is 14.4 Å². The predicted molar refractivity (Wildman–Crippen MR) is 89.6 cm³/mol. The maximum absolute atomic E-state index is 10.2. The fourth-order valence-corrected chi connectivity index (χ4v) is 2.83. The van der Waals surface area contributed by atoms with Gasteiger partial charge in [0.2, 0.25) is 0 Å². The summed E-state index contributed by atoms with van der Waals surface area (Å²) in [7, 11) is -4.75. The molecule has 0 bridgehead atoms. The minimum Gasteiger partial charge on any atom is -0.790 e. The van der Waals surface area contributed by atoms with Gasteiger partial charge >= 0.3 is 17.4 Å². The minimum atomic E-state index is -4.75. The van der Waals surface area contributed by atoms with Gasteiger partial charge in [0.1, 0.15) is 0 Å². The second-order valence-electron chi connectivity index (χ2n) is 5.88. The van der Waals surface area contributed by atoms with Crippen LogP contribution in [0.3, 0.4) is 0 Å². The zero-order valence-electron chi connectivity index (χ0n) is 14.3. The summed E-state index contributed by atoms with van der Waals surface area (Å²) >= 11 is 0. The number of phosphoric acid groups is 1. The molecule has 0 aliphatic rings. The van der Waals surface area contributed by atoms with Crippen molar-refractivity contribution in [1.29, 1.82) is 0 Å². The van der Waals surface area contributed by atoms with Gasteiger partial charge in [0.15, 0.2) is 0 Å². The molecule has 0 aliphatic heterocycles. The first-order chi connectivity index (χ1) is 10.1. The molecule has 128 valence electrons. The van der Waals surface area contributed by atoms with E-state index >= 15 is 0 Å². The van der Waals surface area contributed by atoms with E-state index < -0.39 is 7.82 Å². The van der Waals surface area contributed by atoms with Gasteiger partial charge in [-0.05, 0) is 6.42 Å². The molecule has 0 fully saturated rings. The molecule has 0 atom stereocenters. The summed E-state index contributed by atoms with van der Waals surface area (Å²) in [5.74, 6) is 0. The Hall–Kier alpha value is 0.642. The molecular formula is C16H33AlO4P+. The third kappa shape index (κ3) is 22.9. The van der Waals surface area contributed by atoms with Crippen LogP contribution in [-0.4, -0.2) is 24.0 Å². The van der Waals surface area contributed by atoms with E-state index in [4.69, 9.17) is 0 Å². The molecule has 0 aromatic carbocycles. The molecule has 0 rings (SSSR count). The quantitative estimate of drug-likeness (QED) is 0.241. The number of phosphoric ester groups is 1. The summed E-state index contributed by atoms with van der Waals surface area (Å²) in [5.41, 5.74) is 0. The second kappa shape index (κ2) is 18.0. The summed E-state index contributed by atoms with van der Waals surface area (Å²) in [6.45, 7) is 2.29. The van der Waals surface area contributed by atoms with E-state index in [0.717, 1.165) is 12.8 Å². The van der Waals surface area contributed by atoms with E-state index in [0.29, 0.717) is 6.42 Å². The van der Waals surface area contributed by atoms with Crippen molar-refractivity contribution in [2.45, 2.75) is 96.8 Å². The maximum Gasteiger partial charge on any atom is 3.00 e. The predicted octanol–water partition coefficient (Wildman–Crippen LogP) is 3.93. The van der Waals surface area contributed by atoms with Crippen LogP contribution in [0.2, 0.25) is 0 Å². The topological polar surface area (TPSA) is 72.4 Å². The van der Waals surface area contributed by atoms with E-state index in [1.807, 2.05) is 0 Å². The van der Waals surface area contributed by atoms with Gasteiger partial charge in [-0.2, -0.15) is 0 Å². The van der Waals surface area contributed by atoms with E-state index in [9.17, 15) is 14.4 Å². The summed E-state index contributed by atoms with van der Waals surface area (Å²) in [4.78, 5) is 20.4. The van der Waals surface area contributed by atoms with Gasteiger partial charge in [0, 0.05) is 0 Å². The molecule has 0 saturated heterocycles. The van der Waals surface area contributed by atoms with Crippen molar-refractivity contribution < 1.29 is 18.9 Å². The Bertz CT molecular complexity index is 259. The Kier molecular flexibility index (Phi) is 20.4. The fourth-order valence-electron chi connectivity index (χ4n) is 2.47. The van der Waals surface area contributed by atoms with Crippen LogP contribution in [0.4, 0.5) is 0 Å². The van der Waals surface area contributed by atoms with Crippen LogP contribution in [0, 0.1) is 0 Å². The minimum absolute atomic E-state index is 0. The Balaban J connectivity index is 0. The van der Waals surface area contributed by atoms with Crippen LogP contribution in [0.5, 0.6) is 0 Å². The summed E-state index contributed by atoms with van der Waals surface area (Å²) in [6.07, 6.45) is 17.4. The van der Waals surface area contributed by atoms with Crippen molar-refractivity contribution in [3.8, 4) is 0 Å². The van der Waals surface area contributed by atoms with Gasteiger partial charge in [-0.1, -0.05) is 90.4 Å². The Morgan fingerprint density at radius 2 is 1.00 bits per heavy atom. The van der Waals surface area contributed by atoms with Crippen molar-refractivity contribution in [3.63, 3.8) is 0 Å². The molecule has 0 saturated carbocycles. The van der Waals surface area contributed by atoms with Gasteiger partial charge < -0.3 is 18.9 Å². The number of rotatable bonds is 16. The molecule has 22 heavy (non-hydrogen) atoms. The zero-order chi connectivity index (χ0) is 15.8. The number of hydrogen-bond donors (Lipinski definition) is 0. The molecular weight excluding hydrogens is 314 g/mol. The summed E-state index contributed by atoms with van der Waals surface area (Å²) in [6, 6.07) is 0. The molecule has 0 radical (unpaired) electrons. The third-order valence-electron chi connectivity index (χ3n) is 3.75. The van der Waals surface area contributed by atoms with E-state index in [2.05, 4.69) is 11.4 Å². The third-order valence-corrected chi connectivity index (χ3v) is 4.25. The Morgan fingerprint density at radius 1 is 0.682 bits per heavy atom. The number of unbranched alkanes of at least 4 members (excludes halogenated alkanes) is 13. The van der Waals surface area contributed by atoms with Crippen LogP contribution >= 0.6 is 7.82 Å². The SMILES string of the molecule is CCCCCCCCCCCCCCCCOP(=O)([O-])[O-].[Al+3]. The van der Waals surface area contributed by atoms with Gasteiger partial charge in [-0.15, -0.1) is 0 Å². The maximum atomic E-state index is 10.2. The first kappa shape index (κ1) is 24.9. The van der Waals surface area contributed by atoms with E-state index in [1.165, 1.54) is 70.6 Å². The molecule has 0 unspecified atom stereocenters. The van der Waals surface area contributed by atoms with Crippen LogP contribution < -0.4 is 9.79 Å². The first-order valence-electron chi connectivity index (χ1n) is 8.73. The van der Waals surface area contributed by atoms with Crippen LogP contribution in [0.1, 0.15) is 96.8 Å². The van der Waals surface area contributed by atoms with E-state index in [-0.39, 0.29) is 24.0 Å². The molecule has 6 heteroatoms. The average Bonchev–Trinajstić information content (AvgIpc) is 2.42. The molecule has 4 nitrogen and oxygen atoms in total. The molecule has 0 amide bonds. The average molecular weight is 347 g/mol. The fraction of sp³-hybridized carbons (Fsp3) is 1.00. The van der Waals surface area contributed by atoms with Crippen molar-refractivity contribution in [2.75, 3.05) is 6.61 Å². The second-order valence-corrected chi connectivity index (χ2v) is 7.03. The standard InChI is InChI=1S/C16H35O4P.Al/c1-2-3-4-5-6-7-8-9-10-11-12-13-14-15-16-20-21(17,18)19;/h2-16H2,1H3,(H2,17,18,19);/q;+3/p-2. The van der Waals surface area contributed by atoms with Crippen molar-refractivity contribution in [2.24, 2.45) is 0 Å². The van der Waals surface area contributed by atoms with Crippen molar-refractivity contribution >= 4 is 25.2 Å². The molecule has 0 heterocycles. The van der Waals surface area contributed by atoms with Crippen LogP contribution in [0.25, 0.3) is 0 Å². The monoisotopic (exact) mass is 347 g/mol. The van der Waals surface area contributed by atoms with Gasteiger partial charge in [0.25, 0.3) is 0 Å². The Morgan fingerprint density at radius 3 is 1.32 bits per heavy atom.